The quantitative estimate of drug-likeness (QED) is 0.0261. The highest BCUT2D eigenvalue weighted by molar-refractivity contribution is 5.71. The molecule has 0 N–H and O–H groups in total. The number of carbonyl (C=O) groups is 3. The van der Waals surface area contributed by atoms with Crippen LogP contribution in [-0.2, 0) is 28.6 Å². The predicted molar refractivity (Wildman–Crippen MR) is 302 cm³/mol. The van der Waals surface area contributed by atoms with Crippen molar-refractivity contribution in [2.45, 2.75) is 303 Å². The second-order valence-corrected chi connectivity index (χ2v) is 20.0. The molecule has 6 heteroatoms. The van der Waals surface area contributed by atoms with Gasteiger partial charge in [0.15, 0.2) is 6.10 Å². The summed E-state index contributed by atoms with van der Waals surface area (Å²) >= 11 is 0. The third-order valence-electron chi connectivity index (χ3n) is 13.1. The molecule has 0 aromatic rings. The van der Waals surface area contributed by atoms with Crippen LogP contribution in [0.25, 0.3) is 0 Å². The Balaban J connectivity index is 4.42. The van der Waals surface area contributed by atoms with Crippen molar-refractivity contribution in [2.24, 2.45) is 0 Å². The number of hydrogen-bond acceptors (Lipinski definition) is 6. The highest BCUT2D eigenvalue weighted by atomic mass is 16.6. The van der Waals surface area contributed by atoms with Crippen molar-refractivity contribution >= 4 is 17.9 Å². The molecular formula is C64H112O6. The first-order valence-electron chi connectivity index (χ1n) is 30.0. The summed E-state index contributed by atoms with van der Waals surface area (Å²) in [5, 5.41) is 0. The number of esters is 3. The van der Waals surface area contributed by atoms with Crippen molar-refractivity contribution < 1.29 is 28.6 Å². The van der Waals surface area contributed by atoms with E-state index in [-0.39, 0.29) is 31.1 Å². The first-order chi connectivity index (χ1) is 34.5. The fourth-order valence-electron chi connectivity index (χ4n) is 8.51. The van der Waals surface area contributed by atoms with Gasteiger partial charge in [-0.15, -0.1) is 0 Å². The Morgan fingerprint density at radius 3 is 0.843 bits per heavy atom. The van der Waals surface area contributed by atoms with E-state index >= 15 is 0 Å². The maximum atomic E-state index is 12.9. The zero-order chi connectivity index (χ0) is 50.7. The molecule has 1 unspecified atom stereocenters. The Labute approximate surface area is 433 Å². The standard InChI is InChI=1S/C64H112O6/c1-4-7-10-13-16-19-22-25-28-30-32-34-36-39-42-45-48-51-54-57-63(66)69-60-61(59-68-62(65)56-53-50-47-44-41-38-35-27-24-21-18-15-12-9-6-3)70-64(67)58-55-52-49-46-43-40-37-33-31-29-26-23-20-17-14-11-8-5-2/h17-18,20-21,23-24,26-27,29,31,33,37,61H,4-16,19,22,25,28,30,32,34-36,38-60H2,1-3H3/b20-17-,21-18-,26-23-,27-24-,31-29-,37-33-. The van der Waals surface area contributed by atoms with E-state index < -0.39 is 6.10 Å². The van der Waals surface area contributed by atoms with E-state index in [0.717, 1.165) is 89.9 Å². The minimum atomic E-state index is -0.792. The Morgan fingerprint density at radius 2 is 0.514 bits per heavy atom. The number of rotatable bonds is 54. The largest absolute Gasteiger partial charge is 0.462 e. The molecule has 0 aliphatic rings. The van der Waals surface area contributed by atoms with Crippen molar-refractivity contribution in [3.63, 3.8) is 0 Å². The smallest absolute Gasteiger partial charge is 0.306 e. The molecule has 0 aliphatic heterocycles. The number of ether oxygens (including phenoxy) is 3. The Hall–Kier alpha value is -3.15. The topological polar surface area (TPSA) is 78.9 Å². The highest BCUT2D eigenvalue weighted by Crippen LogP contribution is 2.16. The summed E-state index contributed by atoms with van der Waals surface area (Å²) in [7, 11) is 0. The van der Waals surface area contributed by atoms with E-state index in [1.165, 1.54) is 167 Å². The molecule has 0 heterocycles. The number of carbonyl (C=O) groups excluding carboxylic acids is 3. The number of hydrogen-bond donors (Lipinski definition) is 0. The third kappa shape index (κ3) is 55.8. The summed E-state index contributed by atoms with van der Waals surface area (Å²) in [6.07, 6.45) is 74.6. The highest BCUT2D eigenvalue weighted by Gasteiger charge is 2.19. The van der Waals surface area contributed by atoms with Gasteiger partial charge in [0, 0.05) is 19.3 Å². The van der Waals surface area contributed by atoms with Crippen molar-refractivity contribution in [2.75, 3.05) is 13.2 Å². The molecule has 0 saturated carbocycles. The van der Waals surface area contributed by atoms with Gasteiger partial charge < -0.3 is 14.2 Å². The lowest BCUT2D eigenvalue weighted by Gasteiger charge is -2.18. The average Bonchev–Trinajstić information content (AvgIpc) is 3.36. The van der Waals surface area contributed by atoms with E-state index in [1.807, 2.05) is 0 Å². The molecule has 0 fully saturated rings. The van der Waals surface area contributed by atoms with E-state index in [1.54, 1.807) is 0 Å². The maximum Gasteiger partial charge on any atom is 0.306 e. The second kappa shape index (κ2) is 58.4. The Kier molecular flexibility index (Phi) is 55.8. The van der Waals surface area contributed by atoms with E-state index in [4.69, 9.17) is 14.2 Å². The Morgan fingerprint density at radius 1 is 0.286 bits per heavy atom. The van der Waals surface area contributed by atoms with E-state index in [0.29, 0.717) is 19.3 Å². The van der Waals surface area contributed by atoms with Crippen LogP contribution in [0, 0.1) is 0 Å². The summed E-state index contributed by atoms with van der Waals surface area (Å²) in [4.78, 5) is 38.2. The summed E-state index contributed by atoms with van der Waals surface area (Å²) < 4.78 is 16.9. The molecule has 0 amide bonds. The maximum absolute atomic E-state index is 12.9. The monoisotopic (exact) mass is 977 g/mol. The van der Waals surface area contributed by atoms with Gasteiger partial charge in [0.05, 0.1) is 0 Å². The van der Waals surface area contributed by atoms with Gasteiger partial charge in [-0.1, -0.05) is 280 Å². The molecule has 0 bridgehead atoms. The first-order valence-corrected chi connectivity index (χ1v) is 30.0. The van der Waals surface area contributed by atoms with Crippen molar-refractivity contribution in [1.29, 1.82) is 0 Å². The van der Waals surface area contributed by atoms with Gasteiger partial charge in [-0.3, -0.25) is 14.4 Å². The van der Waals surface area contributed by atoms with Gasteiger partial charge in [0.25, 0.3) is 0 Å². The van der Waals surface area contributed by atoms with Crippen molar-refractivity contribution in [3.8, 4) is 0 Å². The van der Waals surface area contributed by atoms with Crippen LogP contribution in [0.3, 0.4) is 0 Å². The van der Waals surface area contributed by atoms with Crippen LogP contribution >= 0.6 is 0 Å². The summed E-state index contributed by atoms with van der Waals surface area (Å²) in [5.74, 6) is -0.910. The summed E-state index contributed by atoms with van der Waals surface area (Å²) in [5.41, 5.74) is 0. The van der Waals surface area contributed by atoms with Crippen LogP contribution in [0.1, 0.15) is 297 Å². The summed E-state index contributed by atoms with van der Waals surface area (Å²) in [6.45, 7) is 6.58. The normalized spacial score (nSPS) is 12.6. The molecule has 1 atom stereocenters. The minimum absolute atomic E-state index is 0.0867. The molecule has 404 valence electrons. The van der Waals surface area contributed by atoms with Gasteiger partial charge in [0.2, 0.25) is 0 Å². The summed E-state index contributed by atoms with van der Waals surface area (Å²) in [6, 6.07) is 0. The molecule has 0 aromatic heterocycles. The molecule has 70 heavy (non-hydrogen) atoms. The van der Waals surface area contributed by atoms with Crippen LogP contribution in [-0.4, -0.2) is 37.2 Å². The lowest BCUT2D eigenvalue weighted by Crippen LogP contribution is -2.30. The molecule has 0 radical (unpaired) electrons. The van der Waals surface area contributed by atoms with Gasteiger partial charge in [0.1, 0.15) is 13.2 Å². The molecule has 0 aliphatic carbocycles. The lowest BCUT2D eigenvalue weighted by molar-refractivity contribution is -0.167. The molecule has 0 saturated heterocycles. The molecular weight excluding hydrogens is 865 g/mol. The lowest BCUT2D eigenvalue weighted by atomic mass is 10.0. The molecule has 0 rings (SSSR count). The van der Waals surface area contributed by atoms with Crippen molar-refractivity contribution in [1.82, 2.24) is 0 Å². The zero-order valence-corrected chi connectivity index (χ0v) is 46.3. The number of unbranched alkanes of at least 4 members (excludes halogenated alkanes) is 35. The SMILES string of the molecule is CCCCC\C=C/C=C\C=C/C=C\CCCCCCCC(=O)OC(COC(=O)CCCCCCCC/C=C\C=C/CCCCC)COC(=O)CCCCCCCCCCCCCCCCCCCCC. The molecule has 0 spiro atoms. The first kappa shape index (κ1) is 66.9. The van der Waals surface area contributed by atoms with Crippen LogP contribution in [0.5, 0.6) is 0 Å². The van der Waals surface area contributed by atoms with Crippen LogP contribution in [0.15, 0.2) is 72.9 Å². The van der Waals surface area contributed by atoms with Gasteiger partial charge in [-0.05, 0) is 70.6 Å². The van der Waals surface area contributed by atoms with Gasteiger partial charge >= 0.3 is 17.9 Å². The zero-order valence-electron chi connectivity index (χ0n) is 46.3. The van der Waals surface area contributed by atoms with E-state index in [2.05, 4.69) is 93.7 Å². The van der Waals surface area contributed by atoms with Gasteiger partial charge in [-0.2, -0.15) is 0 Å². The van der Waals surface area contributed by atoms with Crippen LogP contribution in [0.4, 0.5) is 0 Å². The van der Waals surface area contributed by atoms with Crippen LogP contribution in [0.2, 0.25) is 0 Å². The predicted octanol–water partition coefficient (Wildman–Crippen LogP) is 20.2. The number of allylic oxidation sites excluding steroid dienone is 12. The second-order valence-electron chi connectivity index (χ2n) is 20.0. The molecule has 0 aromatic carbocycles. The fourth-order valence-corrected chi connectivity index (χ4v) is 8.51. The van der Waals surface area contributed by atoms with Crippen molar-refractivity contribution in [3.05, 3.63) is 72.9 Å². The molecule has 6 nitrogen and oxygen atoms in total. The van der Waals surface area contributed by atoms with Crippen LogP contribution < -0.4 is 0 Å². The fraction of sp³-hybridized carbons (Fsp3) is 0.766. The Bertz CT molecular complexity index is 1310. The third-order valence-corrected chi connectivity index (χ3v) is 13.1. The average molecular weight is 978 g/mol. The minimum Gasteiger partial charge on any atom is -0.462 e. The van der Waals surface area contributed by atoms with E-state index in [9.17, 15) is 14.4 Å². The van der Waals surface area contributed by atoms with Gasteiger partial charge in [-0.25, -0.2) is 0 Å².